The quantitative estimate of drug-likeness (QED) is 0.577. The lowest BCUT2D eigenvalue weighted by Gasteiger charge is -2.39. The molecular formula is C15H23NO3S. The van der Waals surface area contributed by atoms with Gasteiger partial charge < -0.3 is 14.6 Å². The first kappa shape index (κ1) is 16.9. The van der Waals surface area contributed by atoms with Gasteiger partial charge in [0.2, 0.25) is 0 Å². The second-order valence-electron chi connectivity index (χ2n) is 5.78. The molecule has 0 amide bonds. The predicted molar refractivity (Wildman–Crippen MR) is 84.3 cm³/mol. The highest BCUT2D eigenvalue weighted by Crippen LogP contribution is 2.39. The minimum atomic E-state index is -0.959. The second-order valence-corrected chi connectivity index (χ2v) is 6.00. The third-order valence-electron chi connectivity index (χ3n) is 3.85. The van der Waals surface area contributed by atoms with Gasteiger partial charge in [0.05, 0.1) is 17.8 Å². The Hall–Kier alpha value is -1.20. The van der Waals surface area contributed by atoms with Crippen molar-refractivity contribution in [2.24, 2.45) is 0 Å². The molecule has 0 saturated carbocycles. The van der Waals surface area contributed by atoms with Crippen molar-refractivity contribution in [2.75, 3.05) is 11.3 Å². The molecule has 0 saturated heterocycles. The van der Waals surface area contributed by atoms with E-state index in [1.807, 2.05) is 13.8 Å². The van der Waals surface area contributed by atoms with E-state index in [1.165, 1.54) is 0 Å². The van der Waals surface area contributed by atoms with Gasteiger partial charge in [0.15, 0.2) is 0 Å². The molecule has 4 nitrogen and oxygen atoms in total. The molecule has 0 atom stereocenters. The van der Waals surface area contributed by atoms with Crippen molar-refractivity contribution in [1.82, 2.24) is 0 Å². The monoisotopic (exact) mass is 297 g/mol. The van der Waals surface area contributed by atoms with E-state index in [0.717, 1.165) is 11.3 Å². The van der Waals surface area contributed by atoms with Gasteiger partial charge >= 0.3 is 5.97 Å². The Bertz CT molecular complexity index is 492. The Kier molecular flexibility index (Phi) is 5.10. The number of rotatable bonds is 5. The van der Waals surface area contributed by atoms with E-state index in [0.29, 0.717) is 12.2 Å². The first-order chi connectivity index (χ1) is 9.15. The molecule has 0 aliphatic rings. The van der Waals surface area contributed by atoms with Crippen LogP contribution in [0.5, 0.6) is 0 Å². The normalized spacial score (nSPS) is 12.2. The second kappa shape index (κ2) is 6.06. The lowest BCUT2D eigenvalue weighted by Crippen LogP contribution is -2.43. The summed E-state index contributed by atoms with van der Waals surface area (Å²) in [5, 5.41) is 10.4. The van der Waals surface area contributed by atoms with E-state index < -0.39 is 11.0 Å². The van der Waals surface area contributed by atoms with Crippen LogP contribution < -0.4 is 4.72 Å². The van der Waals surface area contributed by atoms with Gasteiger partial charge in [0.1, 0.15) is 0 Å². The van der Waals surface area contributed by atoms with Gasteiger partial charge in [-0.1, -0.05) is 26.7 Å². The molecule has 0 bridgehead atoms. The maximum Gasteiger partial charge on any atom is 0.338 e. The van der Waals surface area contributed by atoms with Gasteiger partial charge in [0, 0.05) is 11.1 Å². The van der Waals surface area contributed by atoms with E-state index in [2.05, 4.69) is 17.5 Å². The van der Waals surface area contributed by atoms with Crippen LogP contribution in [0.4, 0.5) is 5.69 Å². The molecule has 0 aliphatic carbocycles. The van der Waals surface area contributed by atoms with Crippen LogP contribution in [0.1, 0.15) is 50.5 Å². The van der Waals surface area contributed by atoms with E-state index in [-0.39, 0.29) is 5.97 Å². The van der Waals surface area contributed by atoms with Crippen LogP contribution in [0, 0.1) is 0 Å². The standard InChI is InChI=1S/C15H23NO3S/c1-6-19-13(17)10-7-8-12(16-20)11(9-10)14(2,3)15(4,5)18/h7-9,16,18,20H,6H2,1-5H3. The summed E-state index contributed by atoms with van der Waals surface area (Å²) in [7, 11) is 0. The number of thiol groups is 1. The van der Waals surface area contributed by atoms with Crippen LogP contribution in [0.3, 0.4) is 0 Å². The maximum absolute atomic E-state index is 11.8. The van der Waals surface area contributed by atoms with E-state index in [9.17, 15) is 9.90 Å². The number of aliphatic hydroxyl groups is 1. The third-order valence-corrected chi connectivity index (χ3v) is 4.09. The van der Waals surface area contributed by atoms with Crippen LogP contribution in [0.25, 0.3) is 0 Å². The zero-order valence-electron chi connectivity index (χ0n) is 12.7. The molecular weight excluding hydrogens is 274 g/mol. The maximum atomic E-state index is 11.8. The van der Waals surface area contributed by atoms with E-state index in [4.69, 9.17) is 4.74 Å². The van der Waals surface area contributed by atoms with Crippen molar-refractivity contribution in [3.63, 3.8) is 0 Å². The molecule has 0 unspecified atom stereocenters. The molecule has 2 N–H and O–H groups in total. The molecule has 0 radical (unpaired) electrons. The summed E-state index contributed by atoms with van der Waals surface area (Å²) < 4.78 is 7.82. The third kappa shape index (κ3) is 3.27. The van der Waals surface area contributed by atoms with Crippen LogP contribution >= 0.6 is 12.8 Å². The van der Waals surface area contributed by atoms with Crippen LogP contribution in [-0.2, 0) is 10.2 Å². The Balaban J connectivity index is 3.36. The van der Waals surface area contributed by atoms with Crippen molar-refractivity contribution in [1.29, 1.82) is 0 Å². The Morgan fingerprint density at radius 1 is 1.35 bits per heavy atom. The van der Waals surface area contributed by atoms with Gasteiger partial charge in [-0.2, -0.15) is 0 Å². The average molecular weight is 297 g/mol. The summed E-state index contributed by atoms with van der Waals surface area (Å²) in [5.41, 5.74) is 0.505. The highest BCUT2D eigenvalue weighted by Gasteiger charge is 2.38. The number of nitrogens with one attached hydrogen (secondary N) is 1. The molecule has 0 spiro atoms. The minimum Gasteiger partial charge on any atom is -0.462 e. The van der Waals surface area contributed by atoms with Gasteiger partial charge in [0.25, 0.3) is 0 Å². The predicted octanol–water partition coefficient (Wildman–Crippen LogP) is 3.17. The largest absolute Gasteiger partial charge is 0.462 e. The Labute approximate surface area is 126 Å². The first-order valence-corrected chi connectivity index (χ1v) is 7.04. The minimum absolute atomic E-state index is 0.329. The number of hydrogen-bond donors (Lipinski definition) is 3. The summed E-state index contributed by atoms with van der Waals surface area (Å²) in [6, 6.07) is 5.19. The summed E-state index contributed by atoms with van der Waals surface area (Å²) >= 11 is 4.09. The van der Waals surface area contributed by atoms with Crippen molar-refractivity contribution in [2.45, 2.75) is 45.6 Å². The number of esters is 1. The molecule has 20 heavy (non-hydrogen) atoms. The molecule has 1 aromatic rings. The number of anilines is 1. The molecule has 112 valence electrons. The Morgan fingerprint density at radius 2 is 1.95 bits per heavy atom. The van der Waals surface area contributed by atoms with E-state index in [1.54, 1.807) is 39.0 Å². The molecule has 0 aromatic heterocycles. The van der Waals surface area contributed by atoms with Crippen LogP contribution in [0.15, 0.2) is 18.2 Å². The van der Waals surface area contributed by atoms with Crippen molar-refractivity contribution in [3.8, 4) is 0 Å². The van der Waals surface area contributed by atoms with E-state index >= 15 is 0 Å². The molecule has 1 rings (SSSR count). The van der Waals surface area contributed by atoms with Crippen molar-refractivity contribution >= 4 is 24.5 Å². The highest BCUT2D eigenvalue weighted by molar-refractivity contribution is 7.81. The lowest BCUT2D eigenvalue weighted by molar-refractivity contribution is 0.00983. The zero-order valence-corrected chi connectivity index (χ0v) is 13.5. The summed E-state index contributed by atoms with van der Waals surface area (Å²) in [5.74, 6) is -0.369. The van der Waals surface area contributed by atoms with Gasteiger partial charge in [-0.3, -0.25) is 0 Å². The first-order valence-electron chi connectivity index (χ1n) is 6.59. The average Bonchev–Trinajstić information content (AvgIpc) is 2.36. The fourth-order valence-corrected chi connectivity index (χ4v) is 2.02. The molecule has 0 fully saturated rings. The van der Waals surface area contributed by atoms with Crippen LogP contribution in [-0.4, -0.2) is 23.3 Å². The fourth-order valence-electron chi connectivity index (χ4n) is 1.83. The number of ether oxygens (including phenoxy) is 1. The highest BCUT2D eigenvalue weighted by atomic mass is 32.1. The van der Waals surface area contributed by atoms with Gasteiger partial charge in [-0.15, -0.1) is 0 Å². The number of carbonyl (C=O) groups is 1. The van der Waals surface area contributed by atoms with Gasteiger partial charge in [-0.25, -0.2) is 4.79 Å². The molecule has 0 aliphatic heterocycles. The molecule has 1 aromatic carbocycles. The fraction of sp³-hybridized carbons (Fsp3) is 0.533. The summed E-state index contributed by atoms with van der Waals surface area (Å²) in [6.07, 6.45) is 0. The molecule has 5 heteroatoms. The summed E-state index contributed by atoms with van der Waals surface area (Å²) in [6.45, 7) is 9.43. The lowest BCUT2D eigenvalue weighted by atomic mass is 9.71. The van der Waals surface area contributed by atoms with Crippen molar-refractivity contribution in [3.05, 3.63) is 29.3 Å². The van der Waals surface area contributed by atoms with Crippen LogP contribution in [0.2, 0.25) is 0 Å². The molecule has 0 heterocycles. The SMILES string of the molecule is CCOC(=O)c1ccc(NS)c(C(C)(C)C(C)(C)O)c1. The summed E-state index contributed by atoms with van der Waals surface area (Å²) in [4.78, 5) is 11.8. The zero-order chi connectivity index (χ0) is 15.6. The van der Waals surface area contributed by atoms with Crippen molar-refractivity contribution < 1.29 is 14.6 Å². The topological polar surface area (TPSA) is 58.6 Å². The Morgan fingerprint density at radius 3 is 2.40 bits per heavy atom. The smallest absolute Gasteiger partial charge is 0.338 e. The number of carbonyl (C=O) groups excluding carboxylic acids is 1. The van der Waals surface area contributed by atoms with Gasteiger partial charge in [-0.05, 0) is 44.5 Å². The number of benzene rings is 1. The number of hydrogen-bond acceptors (Lipinski definition) is 5.